The van der Waals surface area contributed by atoms with Crippen LogP contribution in [0.5, 0.6) is 5.75 Å². The second-order valence-electron chi connectivity index (χ2n) is 4.75. The van der Waals surface area contributed by atoms with Crippen LogP contribution in [0.25, 0.3) is 0 Å². The largest absolute Gasteiger partial charge is 0.496 e. The van der Waals surface area contributed by atoms with Gasteiger partial charge in [-0.15, -0.1) is 0 Å². The molecule has 1 aliphatic carbocycles. The molecule has 1 saturated carbocycles. The van der Waals surface area contributed by atoms with Gasteiger partial charge in [0.15, 0.2) is 0 Å². The molecule has 0 saturated heterocycles. The van der Waals surface area contributed by atoms with E-state index < -0.39 is 11.4 Å². The Balaban J connectivity index is 2.58. The zero-order chi connectivity index (χ0) is 12.5. The fraction of sp³-hybridized carbons (Fsp3) is 0.500. The number of benzene rings is 1. The average molecular weight is 234 g/mol. The molecule has 1 aromatic carbocycles. The Morgan fingerprint density at radius 2 is 2.00 bits per heavy atom. The van der Waals surface area contributed by atoms with Crippen molar-refractivity contribution in [2.24, 2.45) is 0 Å². The van der Waals surface area contributed by atoms with Crippen LogP contribution in [0.2, 0.25) is 0 Å². The fourth-order valence-electron chi connectivity index (χ4n) is 2.88. The Morgan fingerprint density at radius 3 is 2.53 bits per heavy atom. The fourth-order valence-corrected chi connectivity index (χ4v) is 2.88. The van der Waals surface area contributed by atoms with Crippen molar-refractivity contribution in [3.63, 3.8) is 0 Å². The van der Waals surface area contributed by atoms with Gasteiger partial charge in [-0.2, -0.15) is 0 Å². The van der Waals surface area contributed by atoms with E-state index in [2.05, 4.69) is 0 Å². The summed E-state index contributed by atoms with van der Waals surface area (Å²) in [4.78, 5) is 11.6. The molecular formula is C14H18O3. The molecule has 3 nitrogen and oxygen atoms in total. The third-order valence-electron chi connectivity index (χ3n) is 3.80. The van der Waals surface area contributed by atoms with E-state index in [1.165, 1.54) is 0 Å². The standard InChI is InChI=1S/C14H18O3/c1-10-6-5-7-11(12(10)17-2)14(13(15)16)8-3-4-9-14/h5-7H,3-4,8-9H2,1-2H3,(H,15,16). The van der Waals surface area contributed by atoms with Crippen molar-refractivity contribution in [2.75, 3.05) is 7.11 Å². The summed E-state index contributed by atoms with van der Waals surface area (Å²) in [5, 5.41) is 9.57. The van der Waals surface area contributed by atoms with E-state index in [0.717, 1.165) is 29.7 Å². The van der Waals surface area contributed by atoms with Crippen molar-refractivity contribution < 1.29 is 14.6 Å². The molecule has 1 aromatic rings. The Bertz CT molecular complexity index is 431. The zero-order valence-corrected chi connectivity index (χ0v) is 10.3. The number of rotatable bonds is 3. The summed E-state index contributed by atoms with van der Waals surface area (Å²) in [5.74, 6) is 0.00991. The van der Waals surface area contributed by atoms with Gasteiger partial charge < -0.3 is 9.84 Å². The molecule has 0 bridgehead atoms. The molecule has 0 atom stereocenters. The number of ether oxygens (including phenoxy) is 1. The van der Waals surface area contributed by atoms with Crippen LogP contribution < -0.4 is 4.74 Å². The Kier molecular flexibility index (Phi) is 3.09. The van der Waals surface area contributed by atoms with Crippen molar-refractivity contribution in [1.29, 1.82) is 0 Å². The summed E-state index contributed by atoms with van der Waals surface area (Å²) in [6.45, 7) is 1.95. The summed E-state index contributed by atoms with van der Waals surface area (Å²) in [5.41, 5.74) is 1.10. The van der Waals surface area contributed by atoms with Crippen molar-refractivity contribution in [1.82, 2.24) is 0 Å². The van der Waals surface area contributed by atoms with Gasteiger partial charge in [0, 0.05) is 5.56 Å². The van der Waals surface area contributed by atoms with Crippen molar-refractivity contribution in [3.8, 4) is 5.75 Å². The van der Waals surface area contributed by atoms with Gasteiger partial charge in [0.2, 0.25) is 0 Å². The molecule has 0 aliphatic heterocycles. The first kappa shape index (κ1) is 12.0. The monoisotopic (exact) mass is 234 g/mol. The highest BCUT2D eigenvalue weighted by atomic mass is 16.5. The first-order chi connectivity index (χ1) is 8.12. The molecule has 1 fully saturated rings. The highest BCUT2D eigenvalue weighted by Gasteiger charge is 2.44. The third-order valence-corrected chi connectivity index (χ3v) is 3.80. The molecule has 3 heteroatoms. The Hall–Kier alpha value is -1.51. The number of carboxylic acid groups (broad SMARTS) is 1. The maximum absolute atomic E-state index is 11.6. The lowest BCUT2D eigenvalue weighted by Gasteiger charge is -2.27. The van der Waals surface area contributed by atoms with Crippen LogP contribution in [0.4, 0.5) is 0 Å². The molecule has 0 amide bonds. The third kappa shape index (κ3) is 1.79. The predicted octanol–water partition coefficient (Wildman–Crippen LogP) is 2.90. The molecule has 0 aromatic heterocycles. The van der Waals surface area contributed by atoms with Gasteiger partial charge in [0.25, 0.3) is 0 Å². The molecule has 0 radical (unpaired) electrons. The molecular weight excluding hydrogens is 216 g/mol. The average Bonchev–Trinajstić information content (AvgIpc) is 2.78. The van der Waals surface area contributed by atoms with E-state index in [1.807, 2.05) is 25.1 Å². The summed E-state index contributed by atoms with van der Waals surface area (Å²) in [6.07, 6.45) is 3.37. The number of aryl methyl sites for hydroxylation is 1. The van der Waals surface area contributed by atoms with Crippen LogP contribution in [0, 0.1) is 6.92 Å². The molecule has 0 unspecified atom stereocenters. The topological polar surface area (TPSA) is 46.5 Å². The van der Waals surface area contributed by atoms with Crippen LogP contribution in [0.1, 0.15) is 36.8 Å². The van der Waals surface area contributed by atoms with Crippen LogP contribution in [-0.4, -0.2) is 18.2 Å². The molecule has 92 valence electrons. The Labute approximate surface area is 101 Å². The number of hydrogen-bond acceptors (Lipinski definition) is 2. The zero-order valence-electron chi connectivity index (χ0n) is 10.3. The van der Waals surface area contributed by atoms with Gasteiger partial charge in [0.1, 0.15) is 5.75 Å². The number of methoxy groups -OCH3 is 1. The lowest BCUT2D eigenvalue weighted by atomic mass is 9.78. The lowest BCUT2D eigenvalue weighted by Crippen LogP contribution is -2.33. The van der Waals surface area contributed by atoms with Crippen molar-refractivity contribution in [3.05, 3.63) is 29.3 Å². The smallest absolute Gasteiger partial charge is 0.314 e. The van der Waals surface area contributed by atoms with Crippen LogP contribution in [0.3, 0.4) is 0 Å². The van der Waals surface area contributed by atoms with Crippen LogP contribution >= 0.6 is 0 Å². The minimum atomic E-state index is -0.739. The summed E-state index contributed by atoms with van der Waals surface area (Å²) in [6, 6.07) is 5.76. The highest BCUT2D eigenvalue weighted by Crippen LogP contribution is 2.45. The first-order valence-electron chi connectivity index (χ1n) is 5.99. The lowest BCUT2D eigenvalue weighted by molar-refractivity contribution is -0.143. The second-order valence-corrected chi connectivity index (χ2v) is 4.75. The number of hydrogen-bond donors (Lipinski definition) is 1. The van der Waals surface area contributed by atoms with Gasteiger partial charge in [-0.05, 0) is 25.3 Å². The number of aliphatic carboxylic acids is 1. The summed E-state index contributed by atoms with van der Waals surface area (Å²) >= 11 is 0. The normalized spacial score (nSPS) is 18.0. The summed E-state index contributed by atoms with van der Waals surface area (Å²) < 4.78 is 5.40. The second kappa shape index (κ2) is 4.40. The molecule has 0 spiro atoms. The number of para-hydroxylation sites is 1. The highest BCUT2D eigenvalue weighted by molar-refractivity contribution is 5.83. The van der Waals surface area contributed by atoms with Crippen molar-refractivity contribution in [2.45, 2.75) is 38.0 Å². The summed E-state index contributed by atoms with van der Waals surface area (Å²) in [7, 11) is 1.61. The van der Waals surface area contributed by atoms with E-state index in [0.29, 0.717) is 12.8 Å². The van der Waals surface area contributed by atoms with Gasteiger partial charge in [0.05, 0.1) is 12.5 Å². The molecule has 17 heavy (non-hydrogen) atoms. The predicted molar refractivity (Wildman–Crippen MR) is 65.5 cm³/mol. The van der Waals surface area contributed by atoms with E-state index >= 15 is 0 Å². The molecule has 1 N–H and O–H groups in total. The minimum absolute atomic E-state index is 0.710. The first-order valence-corrected chi connectivity index (χ1v) is 5.99. The van der Waals surface area contributed by atoms with Gasteiger partial charge >= 0.3 is 5.97 Å². The SMILES string of the molecule is COc1c(C)cccc1C1(C(=O)O)CCCC1. The number of carboxylic acids is 1. The number of carbonyl (C=O) groups is 1. The van der Waals surface area contributed by atoms with Gasteiger partial charge in [-0.25, -0.2) is 0 Å². The quantitative estimate of drug-likeness (QED) is 0.874. The van der Waals surface area contributed by atoms with E-state index in [4.69, 9.17) is 4.74 Å². The van der Waals surface area contributed by atoms with E-state index in [1.54, 1.807) is 7.11 Å². The van der Waals surface area contributed by atoms with Crippen LogP contribution in [-0.2, 0) is 10.2 Å². The minimum Gasteiger partial charge on any atom is -0.496 e. The maximum Gasteiger partial charge on any atom is 0.314 e. The maximum atomic E-state index is 11.6. The van der Waals surface area contributed by atoms with Gasteiger partial charge in [-0.3, -0.25) is 4.79 Å². The van der Waals surface area contributed by atoms with E-state index in [9.17, 15) is 9.90 Å². The molecule has 2 rings (SSSR count). The molecule has 0 heterocycles. The van der Waals surface area contributed by atoms with E-state index in [-0.39, 0.29) is 0 Å². The molecule has 1 aliphatic rings. The van der Waals surface area contributed by atoms with Crippen molar-refractivity contribution >= 4 is 5.97 Å². The van der Waals surface area contributed by atoms with Crippen LogP contribution in [0.15, 0.2) is 18.2 Å². The van der Waals surface area contributed by atoms with Gasteiger partial charge in [-0.1, -0.05) is 31.0 Å². The Morgan fingerprint density at radius 1 is 1.35 bits per heavy atom.